The molecular formula is C26H28N4O3. The van der Waals surface area contributed by atoms with Crippen LogP contribution in [0.5, 0.6) is 0 Å². The highest BCUT2D eigenvalue weighted by atomic mass is 16.3. The van der Waals surface area contributed by atoms with Gasteiger partial charge in [0.2, 0.25) is 5.91 Å². The first kappa shape index (κ1) is 22.5. The number of amides is 2. The van der Waals surface area contributed by atoms with Gasteiger partial charge in [-0.2, -0.15) is 0 Å². The summed E-state index contributed by atoms with van der Waals surface area (Å²) in [4.78, 5) is 33.8. The number of aromatic amines is 1. The highest BCUT2D eigenvalue weighted by Crippen LogP contribution is 2.25. The number of carbonyl (C=O) groups is 2. The normalized spacial score (nSPS) is 14.0. The molecule has 7 nitrogen and oxygen atoms in total. The van der Waals surface area contributed by atoms with Gasteiger partial charge in [0.15, 0.2) is 0 Å². The SMILES string of the molecule is CCC(C)C(NC(=O)c1cc2c(cn1)[nH]c1ccccc12)C(=O)NC(CO)c1ccccc1. The largest absolute Gasteiger partial charge is 0.394 e. The Bertz CT molecular complexity index is 1270. The number of nitrogens with one attached hydrogen (secondary N) is 3. The van der Waals surface area contributed by atoms with Crippen molar-refractivity contribution in [2.45, 2.75) is 32.4 Å². The number of rotatable bonds is 8. The van der Waals surface area contributed by atoms with Gasteiger partial charge in [0.1, 0.15) is 11.7 Å². The zero-order valence-electron chi connectivity index (χ0n) is 18.7. The van der Waals surface area contributed by atoms with E-state index in [9.17, 15) is 14.7 Å². The van der Waals surface area contributed by atoms with E-state index in [0.29, 0.717) is 6.42 Å². The van der Waals surface area contributed by atoms with Crippen molar-refractivity contribution in [3.8, 4) is 0 Å². The number of hydrogen-bond acceptors (Lipinski definition) is 4. The monoisotopic (exact) mass is 444 g/mol. The Morgan fingerprint density at radius 3 is 2.45 bits per heavy atom. The maximum Gasteiger partial charge on any atom is 0.270 e. The van der Waals surface area contributed by atoms with Crippen molar-refractivity contribution < 1.29 is 14.7 Å². The second kappa shape index (κ2) is 9.83. The second-order valence-electron chi connectivity index (χ2n) is 8.28. The van der Waals surface area contributed by atoms with E-state index in [4.69, 9.17) is 0 Å². The summed E-state index contributed by atoms with van der Waals surface area (Å²) >= 11 is 0. The van der Waals surface area contributed by atoms with Gasteiger partial charge in [0, 0.05) is 16.3 Å². The van der Waals surface area contributed by atoms with Crippen molar-refractivity contribution in [1.29, 1.82) is 0 Å². The van der Waals surface area contributed by atoms with Crippen molar-refractivity contribution in [2.24, 2.45) is 5.92 Å². The molecule has 0 saturated heterocycles. The molecule has 0 bridgehead atoms. The number of hydrogen-bond donors (Lipinski definition) is 4. The molecule has 4 rings (SSSR count). The van der Waals surface area contributed by atoms with Gasteiger partial charge in [0.25, 0.3) is 5.91 Å². The number of para-hydroxylation sites is 1. The Kier molecular flexibility index (Phi) is 6.70. The number of carbonyl (C=O) groups excluding carboxylic acids is 2. The molecule has 170 valence electrons. The minimum atomic E-state index is -0.763. The molecule has 2 aromatic carbocycles. The summed E-state index contributed by atoms with van der Waals surface area (Å²) in [5.74, 6) is -0.863. The third kappa shape index (κ3) is 4.73. The van der Waals surface area contributed by atoms with E-state index >= 15 is 0 Å². The lowest BCUT2D eigenvalue weighted by molar-refractivity contribution is -0.125. The van der Waals surface area contributed by atoms with Crippen LogP contribution in [0.1, 0.15) is 42.4 Å². The van der Waals surface area contributed by atoms with Crippen molar-refractivity contribution >= 4 is 33.6 Å². The molecule has 2 amide bonds. The standard InChI is InChI=1S/C26H28N4O3/c1-3-16(2)24(26(33)29-23(15-31)17-9-5-4-6-10-17)30-25(32)21-13-19-18-11-7-8-12-20(18)28-22(19)14-27-21/h4-14,16,23-24,28,31H,3,15H2,1-2H3,(H,29,33)(H,30,32). The Morgan fingerprint density at radius 2 is 1.73 bits per heavy atom. The van der Waals surface area contributed by atoms with Crippen molar-refractivity contribution in [1.82, 2.24) is 20.6 Å². The topological polar surface area (TPSA) is 107 Å². The molecule has 2 heterocycles. The predicted octanol–water partition coefficient (Wildman–Crippen LogP) is 3.71. The number of pyridine rings is 1. The number of H-pyrrole nitrogens is 1. The third-order valence-corrected chi connectivity index (χ3v) is 6.11. The lowest BCUT2D eigenvalue weighted by atomic mass is 9.97. The highest BCUT2D eigenvalue weighted by Gasteiger charge is 2.28. The summed E-state index contributed by atoms with van der Waals surface area (Å²) in [6.07, 6.45) is 2.34. The molecule has 0 saturated carbocycles. The van der Waals surface area contributed by atoms with E-state index in [1.165, 1.54) is 0 Å². The van der Waals surface area contributed by atoms with Crippen LogP contribution in [-0.4, -0.2) is 39.5 Å². The van der Waals surface area contributed by atoms with E-state index in [-0.39, 0.29) is 24.1 Å². The van der Waals surface area contributed by atoms with Crippen LogP contribution in [0.15, 0.2) is 66.9 Å². The van der Waals surface area contributed by atoms with Gasteiger partial charge in [-0.15, -0.1) is 0 Å². The van der Waals surface area contributed by atoms with E-state index < -0.39 is 18.0 Å². The number of fused-ring (bicyclic) bond motifs is 3. The zero-order valence-corrected chi connectivity index (χ0v) is 18.7. The number of benzene rings is 2. The fourth-order valence-corrected chi connectivity index (χ4v) is 3.97. The Labute approximate surface area is 192 Å². The molecule has 0 aliphatic rings. The van der Waals surface area contributed by atoms with Crippen LogP contribution in [-0.2, 0) is 4.79 Å². The number of aromatic nitrogens is 2. The Balaban J connectivity index is 1.56. The van der Waals surface area contributed by atoms with E-state index in [1.54, 1.807) is 12.3 Å². The number of aliphatic hydroxyl groups is 1. The van der Waals surface area contributed by atoms with E-state index in [0.717, 1.165) is 27.4 Å². The predicted molar refractivity (Wildman–Crippen MR) is 129 cm³/mol. The summed E-state index contributed by atoms with van der Waals surface area (Å²) in [6, 6.07) is 17.6. The molecule has 0 radical (unpaired) electrons. The second-order valence-corrected chi connectivity index (χ2v) is 8.28. The molecule has 0 spiro atoms. The molecule has 33 heavy (non-hydrogen) atoms. The average molecular weight is 445 g/mol. The average Bonchev–Trinajstić information content (AvgIpc) is 3.23. The van der Waals surface area contributed by atoms with Gasteiger partial charge >= 0.3 is 0 Å². The minimum absolute atomic E-state index is 0.110. The molecule has 2 aromatic heterocycles. The van der Waals surface area contributed by atoms with Crippen LogP contribution in [0, 0.1) is 5.92 Å². The van der Waals surface area contributed by atoms with Crippen LogP contribution in [0.25, 0.3) is 21.8 Å². The summed E-state index contributed by atoms with van der Waals surface area (Å²) in [5, 5.41) is 17.5. The summed E-state index contributed by atoms with van der Waals surface area (Å²) in [7, 11) is 0. The molecule has 0 aliphatic carbocycles. The van der Waals surface area contributed by atoms with Gasteiger partial charge < -0.3 is 20.7 Å². The summed E-state index contributed by atoms with van der Waals surface area (Å²) in [6.45, 7) is 3.64. The van der Waals surface area contributed by atoms with Crippen LogP contribution in [0.2, 0.25) is 0 Å². The van der Waals surface area contributed by atoms with Crippen LogP contribution in [0.4, 0.5) is 0 Å². The van der Waals surface area contributed by atoms with E-state index in [2.05, 4.69) is 20.6 Å². The lowest BCUT2D eigenvalue weighted by Gasteiger charge is -2.26. The van der Waals surface area contributed by atoms with Crippen molar-refractivity contribution in [3.63, 3.8) is 0 Å². The Hall–Kier alpha value is -3.71. The fourth-order valence-electron chi connectivity index (χ4n) is 3.97. The van der Waals surface area contributed by atoms with Crippen LogP contribution >= 0.6 is 0 Å². The first-order valence-electron chi connectivity index (χ1n) is 11.1. The molecular weight excluding hydrogens is 416 g/mol. The molecule has 3 atom stereocenters. The molecule has 4 N–H and O–H groups in total. The van der Waals surface area contributed by atoms with Gasteiger partial charge in [-0.05, 0) is 23.6 Å². The molecule has 3 unspecified atom stereocenters. The highest BCUT2D eigenvalue weighted by molar-refractivity contribution is 6.09. The van der Waals surface area contributed by atoms with Crippen LogP contribution in [0.3, 0.4) is 0 Å². The number of aliphatic hydroxyl groups excluding tert-OH is 1. The first-order chi connectivity index (χ1) is 16.0. The summed E-state index contributed by atoms with van der Waals surface area (Å²) in [5.41, 5.74) is 2.86. The molecule has 4 aromatic rings. The maximum atomic E-state index is 13.1. The minimum Gasteiger partial charge on any atom is -0.394 e. The van der Waals surface area contributed by atoms with Crippen LogP contribution < -0.4 is 10.6 Å². The zero-order chi connectivity index (χ0) is 23.4. The van der Waals surface area contributed by atoms with Gasteiger partial charge in [-0.1, -0.05) is 68.8 Å². The molecule has 7 heteroatoms. The molecule has 0 fully saturated rings. The first-order valence-corrected chi connectivity index (χ1v) is 11.1. The van der Waals surface area contributed by atoms with Crippen molar-refractivity contribution in [2.75, 3.05) is 6.61 Å². The fraction of sp³-hybridized carbons (Fsp3) is 0.269. The third-order valence-electron chi connectivity index (χ3n) is 6.11. The smallest absolute Gasteiger partial charge is 0.270 e. The summed E-state index contributed by atoms with van der Waals surface area (Å²) < 4.78 is 0. The quantitative estimate of drug-likeness (QED) is 0.332. The van der Waals surface area contributed by atoms with Gasteiger partial charge in [-0.25, -0.2) is 4.98 Å². The Morgan fingerprint density at radius 1 is 1.00 bits per heavy atom. The van der Waals surface area contributed by atoms with E-state index in [1.807, 2.05) is 68.4 Å². The van der Waals surface area contributed by atoms with Gasteiger partial charge in [0.05, 0.1) is 24.4 Å². The molecule has 0 aliphatic heterocycles. The number of nitrogens with zero attached hydrogens (tertiary/aromatic N) is 1. The maximum absolute atomic E-state index is 13.1. The van der Waals surface area contributed by atoms with Crippen molar-refractivity contribution in [3.05, 3.63) is 78.1 Å². The van der Waals surface area contributed by atoms with Gasteiger partial charge in [-0.3, -0.25) is 9.59 Å². The lowest BCUT2D eigenvalue weighted by Crippen LogP contribution is -2.51.